The van der Waals surface area contributed by atoms with E-state index in [1.54, 1.807) is 24.5 Å². The molecule has 5 heteroatoms. The van der Waals surface area contributed by atoms with E-state index >= 15 is 0 Å². The third-order valence-corrected chi connectivity index (χ3v) is 3.28. The molecule has 5 nitrogen and oxygen atoms in total. The highest BCUT2D eigenvalue weighted by atomic mass is 16.6. The van der Waals surface area contributed by atoms with Gasteiger partial charge in [-0.3, -0.25) is 15.1 Å². The Labute approximate surface area is 118 Å². The Morgan fingerprint density at radius 3 is 2.50 bits per heavy atom. The standard InChI is InChI=1S/C15H17N3O2/c1-2-17(11-13-6-8-16-9-7-13)12-14-4-3-5-15(10-14)18(19)20/h3-10H,2,11-12H2,1H3/p+1. The summed E-state index contributed by atoms with van der Waals surface area (Å²) >= 11 is 0. The number of hydrogen-bond acceptors (Lipinski definition) is 3. The second kappa shape index (κ2) is 6.77. The molecule has 20 heavy (non-hydrogen) atoms. The van der Waals surface area contributed by atoms with Crippen LogP contribution in [0.1, 0.15) is 18.1 Å². The van der Waals surface area contributed by atoms with Crippen LogP contribution in [0.3, 0.4) is 0 Å². The van der Waals surface area contributed by atoms with Gasteiger partial charge in [-0.15, -0.1) is 0 Å². The van der Waals surface area contributed by atoms with Crippen LogP contribution in [0.2, 0.25) is 0 Å². The number of nitro groups is 1. The number of quaternary nitrogens is 1. The summed E-state index contributed by atoms with van der Waals surface area (Å²) in [6, 6.07) is 10.9. The van der Waals surface area contributed by atoms with E-state index < -0.39 is 0 Å². The van der Waals surface area contributed by atoms with Gasteiger partial charge in [0, 0.05) is 35.7 Å². The highest BCUT2D eigenvalue weighted by Gasteiger charge is 2.11. The predicted octanol–water partition coefficient (Wildman–Crippen LogP) is 1.59. The molecule has 1 aromatic carbocycles. The Morgan fingerprint density at radius 2 is 1.85 bits per heavy atom. The lowest BCUT2D eigenvalue weighted by Gasteiger charge is -2.17. The number of nitrogens with zero attached hydrogens (tertiary/aromatic N) is 2. The van der Waals surface area contributed by atoms with Crippen molar-refractivity contribution in [3.63, 3.8) is 0 Å². The first-order valence-corrected chi connectivity index (χ1v) is 6.65. The van der Waals surface area contributed by atoms with Crippen molar-refractivity contribution in [1.29, 1.82) is 0 Å². The van der Waals surface area contributed by atoms with Crippen LogP contribution in [0.25, 0.3) is 0 Å². The molecule has 0 saturated heterocycles. The molecule has 1 atom stereocenters. The average molecular weight is 272 g/mol. The van der Waals surface area contributed by atoms with Crippen LogP contribution in [0, 0.1) is 10.1 Å². The normalized spacial score (nSPS) is 12.1. The first kappa shape index (κ1) is 14.1. The molecule has 1 N–H and O–H groups in total. The van der Waals surface area contributed by atoms with E-state index in [4.69, 9.17) is 0 Å². The van der Waals surface area contributed by atoms with E-state index in [1.165, 1.54) is 16.5 Å². The van der Waals surface area contributed by atoms with Gasteiger partial charge in [-0.2, -0.15) is 0 Å². The second-order valence-corrected chi connectivity index (χ2v) is 4.74. The second-order valence-electron chi connectivity index (χ2n) is 4.74. The number of nitrogens with one attached hydrogen (secondary N) is 1. The number of hydrogen-bond donors (Lipinski definition) is 1. The number of nitro benzene ring substituents is 1. The van der Waals surface area contributed by atoms with E-state index in [1.807, 2.05) is 18.2 Å². The molecule has 1 unspecified atom stereocenters. The van der Waals surface area contributed by atoms with E-state index in [2.05, 4.69) is 11.9 Å². The summed E-state index contributed by atoms with van der Waals surface area (Å²) in [7, 11) is 0. The fourth-order valence-electron chi connectivity index (χ4n) is 2.17. The Morgan fingerprint density at radius 1 is 1.15 bits per heavy atom. The first-order valence-electron chi connectivity index (χ1n) is 6.65. The third-order valence-electron chi connectivity index (χ3n) is 3.28. The molecule has 0 aliphatic heterocycles. The summed E-state index contributed by atoms with van der Waals surface area (Å²) in [5.41, 5.74) is 2.37. The molecule has 0 spiro atoms. The SMILES string of the molecule is CC[NH+](Cc1ccncc1)Cc1cccc([N+](=O)[O-])c1. The highest BCUT2D eigenvalue weighted by Crippen LogP contribution is 2.12. The zero-order valence-electron chi connectivity index (χ0n) is 11.5. The number of non-ortho nitro benzene ring substituents is 1. The van der Waals surface area contributed by atoms with Gasteiger partial charge in [0.05, 0.1) is 11.5 Å². The van der Waals surface area contributed by atoms with E-state index in [0.717, 1.165) is 25.2 Å². The Kier molecular flexibility index (Phi) is 4.79. The third kappa shape index (κ3) is 3.86. The minimum atomic E-state index is -0.349. The monoisotopic (exact) mass is 272 g/mol. The zero-order valence-corrected chi connectivity index (χ0v) is 11.5. The average Bonchev–Trinajstić information content (AvgIpc) is 2.48. The van der Waals surface area contributed by atoms with Crippen molar-refractivity contribution >= 4 is 5.69 Å². The van der Waals surface area contributed by atoms with Crippen molar-refractivity contribution in [1.82, 2.24) is 4.98 Å². The van der Waals surface area contributed by atoms with Crippen molar-refractivity contribution in [2.24, 2.45) is 0 Å². The molecule has 0 saturated carbocycles. The van der Waals surface area contributed by atoms with Crippen LogP contribution in [0.5, 0.6) is 0 Å². The van der Waals surface area contributed by atoms with Gasteiger partial charge in [-0.05, 0) is 19.1 Å². The minimum Gasteiger partial charge on any atom is -0.328 e. The topological polar surface area (TPSA) is 60.5 Å². The van der Waals surface area contributed by atoms with Gasteiger partial charge in [0.2, 0.25) is 0 Å². The number of benzene rings is 1. The first-order chi connectivity index (χ1) is 9.69. The summed E-state index contributed by atoms with van der Waals surface area (Å²) in [4.78, 5) is 15.8. The van der Waals surface area contributed by atoms with E-state index in [9.17, 15) is 10.1 Å². The quantitative estimate of drug-likeness (QED) is 0.642. The summed E-state index contributed by atoms with van der Waals surface area (Å²) in [6.07, 6.45) is 3.58. The van der Waals surface area contributed by atoms with Gasteiger partial charge >= 0.3 is 0 Å². The fraction of sp³-hybridized carbons (Fsp3) is 0.267. The van der Waals surface area contributed by atoms with E-state index in [0.29, 0.717) is 0 Å². The summed E-state index contributed by atoms with van der Waals surface area (Å²) in [5, 5.41) is 10.8. The van der Waals surface area contributed by atoms with Gasteiger partial charge in [0.25, 0.3) is 5.69 Å². The molecule has 0 aliphatic rings. The van der Waals surface area contributed by atoms with Crippen LogP contribution in [0.4, 0.5) is 5.69 Å². The lowest BCUT2D eigenvalue weighted by Crippen LogP contribution is -3.09. The summed E-state index contributed by atoms with van der Waals surface area (Å²) in [6.45, 7) is 4.75. The molecule has 2 rings (SSSR count). The van der Waals surface area contributed by atoms with Crippen LogP contribution in [-0.2, 0) is 13.1 Å². The highest BCUT2D eigenvalue weighted by molar-refractivity contribution is 5.33. The number of pyridine rings is 1. The molecule has 0 bridgehead atoms. The van der Waals surface area contributed by atoms with Crippen molar-refractivity contribution in [3.05, 3.63) is 70.0 Å². The maximum absolute atomic E-state index is 10.8. The van der Waals surface area contributed by atoms with Gasteiger partial charge < -0.3 is 4.90 Å². The summed E-state index contributed by atoms with van der Waals surface area (Å²) in [5.74, 6) is 0. The fourth-order valence-corrected chi connectivity index (χ4v) is 2.17. The smallest absolute Gasteiger partial charge is 0.269 e. The van der Waals surface area contributed by atoms with Gasteiger partial charge in [0.15, 0.2) is 0 Å². The molecule has 0 radical (unpaired) electrons. The molecule has 104 valence electrons. The van der Waals surface area contributed by atoms with Crippen molar-refractivity contribution in [2.45, 2.75) is 20.0 Å². The number of aromatic nitrogens is 1. The van der Waals surface area contributed by atoms with Crippen LogP contribution < -0.4 is 4.90 Å². The maximum atomic E-state index is 10.8. The lowest BCUT2D eigenvalue weighted by atomic mass is 10.1. The molecule has 0 fully saturated rings. The molecular formula is C15H18N3O2+. The summed E-state index contributed by atoms with van der Waals surface area (Å²) < 4.78 is 0. The molecular weight excluding hydrogens is 254 g/mol. The zero-order chi connectivity index (χ0) is 14.4. The van der Waals surface area contributed by atoms with Crippen molar-refractivity contribution in [2.75, 3.05) is 6.54 Å². The van der Waals surface area contributed by atoms with Crippen molar-refractivity contribution < 1.29 is 9.82 Å². The molecule has 1 aromatic heterocycles. The molecule has 1 heterocycles. The maximum Gasteiger partial charge on any atom is 0.269 e. The Hall–Kier alpha value is -2.27. The van der Waals surface area contributed by atoms with E-state index in [-0.39, 0.29) is 10.6 Å². The predicted molar refractivity (Wildman–Crippen MR) is 76.2 cm³/mol. The van der Waals surface area contributed by atoms with Gasteiger partial charge in [-0.1, -0.05) is 12.1 Å². The molecule has 2 aromatic rings. The molecule has 0 aliphatic carbocycles. The number of rotatable bonds is 6. The largest absolute Gasteiger partial charge is 0.328 e. The Bertz CT molecular complexity index is 572. The van der Waals surface area contributed by atoms with Crippen LogP contribution in [0.15, 0.2) is 48.8 Å². The molecule has 0 amide bonds. The van der Waals surface area contributed by atoms with Gasteiger partial charge in [0.1, 0.15) is 13.1 Å². The lowest BCUT2D eigenvalue weighted by molar-refractivity contribution is -0.925. The van der Waals surface area contributed by atoms with Gasteiger partial charge in [-0.25, -0.2) is 0 Å². The van der Waals surface area contributed by atoms with Crippen LogP contribution in [-0.4, -0.2) is 16.5 Å². The Balaban J connectivity index is 2.06. The minimum absolute atomic E-state index is 0.155. The van der Waals surface area contributed by atoms with Crippen molar-refractivity contribution in [3.8, 4) is 0 Å². The van der Waals surface area contributed by atoms with Crippen LogP contribution >= 0.6 is 0 Å².